The molecule has 1 heterocycles. The molecule has 0 bridgehead atoms. The molecule has 2 rings (SSSR count). The van der Waals surface area contributed by atoms with E-state index in [1.807, 2.05) is 76.9 Å². The smallest absolute Gasteiger partial charge is 0.221 e. The Labute approximate surface area is 251 Å². The van der Waals surface area contributed by atoms with Crippen molar-refractivity contribution in [2.45, 2.75) is 54.9 Å². The molecule has 2 aromatic rings. The van der Waals surface area contributed by atoms with Crippen molar-refractivity contribution in [3.63, 3.8) is 0 Å². The van der Waals surface area contributed by atoms with Crippen LogP contribution in [0.15, 0.2) is 92.1 Å². The number of aromatic nitrogens is 2. The van der Waals surface area contributed by atoms with Crippen molar-refractivity contribution in [1.29, 1.82) is 0 Å². The summed E-state index contributed by atoms with van der Waals surface area (Å²) in [6, 6.07) is 9.76. The first-order chi connectivity index (χ1) is 20.0. The summed E-state index contributed by atoms with van der Waals surface area (Å²) >= 11 is 0. The van der Waals surface area contributed by atoms with Crippen LogP contribution < -0.4 is 16.0 Å². The highest BCUT2D eigenvalue weighted by Crippen LogP contribution is 2.24. The Kier molecular flexibility index (Phi) is 15.1. The number of amidine groups is 1. The Morgan fingerprint density at radius 2 is 1.76 bits per heavy atom. The molecular formula is C32H48N8O2. The van der Waals surface area contributed by atoms with Gasteiger partial charge in [-0.25, -0.2) is 4.99 Å². The largest absolute Gasteiger partial charge is 0.492 e. The zero-order valence-corrected chi connectivity index (χ0v) is 27.1. The number of hydrogen-bond acceptors (Lipinski definition) is 8. The number of nitrogens with two attached hydrogens (primary N) is 1. The van der Waals surface area contributed by atoms with Crippen LogP contribution in [0.3, 0.4) is 0 Å². The lowest BCUT2D eigenvalue weighted by Gasteiger charge is -2.21. The molecule has 0 saturated carbocycles. The molecule has 42 heavy (non-hydrogen) atoms. The summed E-state index contributed by atoms with van der Waals surface area (Å²) in [5, 5.41) is 10.4. The van der Waals surface area contributed by atoms with Gasteiger partial charge >= 0.3 is 0 Å². The average Bonchev–Trinajstić information content (AvgIpc) is 3.38. The molecule has 0 saturated heterocycles. The van der Waals surface area contributed by atoms with Gasteiger partial charge in [-0.15, -0.1) is 0 Å². The second-order valence-corrected chi connectivity index (χ2v) is 9.59. The maximum atomic E-state index is 5.94. The molecule has 0 aliphatic rings. The number of ether oxygens (including phenoxy) is 2. The number of benzene rings is 1. The Balaban J connectivity index is 0.00000281. The van der Waals surface area contributed by atoms with Gasteiger partial charge in [0.25, 0.3) is 0 Å². The molecule has 0 fully saturated rings. The Hall–Kier alpha value is -4.60. The van der Waals surface area contributed by atoms with Gasteiger partial charge in [-0.2, -0.15) is 5.10 Å². The number of aryl methyl sites for hydroxylation is 1. The SMILES string of the molecule is C=C(/C(C=NC)=C/N)/C(OC)=C(\N=C(/C)N(C)c1ccc(C(=NC)OC(C)=C(C)C)cc1)Nc1cc(C)[nH]n1.CCC. The molecule has 0 radical (unpaired) electrons. The lowest BCUT2D eigenvalue weighted by molar-refractivity contribution is 0.298. The zero-order chi connectivity index (χ0) is 31.8. The quantitative estimate of drug-likeness (QED) is 0.125. The topological polar surface area (TPSA) is 126 Å². The van der Waals surface area contributed by atoms with E-state index in [9.17, 15) is 0 Å². The van der Waals surface area contributed by atoms with Gasteiger partial charge in [-0.3, -0.25) is 15.1 Å². The molecule has 1 aromatic heterocycles. The summed E-state index contributed by atoms with van der Waals surface area (Å²) in [6.45, 7) is 18.2. The first kappa shape index (κ1) is 35.4. The molecule has 0 aliphatic carbocycles. The second kappa shape index (κ2) is 18.0. The molecular weight excluding hydrogens is 528 g/mol. The first-order valence-corrected chi connectivity index (χ1v) is 13.8. The van der Waals surface area contributed by atoms with Crippen LogP contribution in [0.2, 0.25) is 0 Å². The van der Waals surface area contributed by atoms with Gasteiger partial charge in [0, 0.05) is 67.7 Å². The Morgan fingerprint density at radius 1 is 1.14 bits per heavy atom. The summed E-state index contributed by atoms with van der Waals surface area (Å²) in [5.41, 5.74) is 10.7. The summed E-state index contributed by atoms with van der Waals surface area (Å²) in [7, 11) is 6.85. The van der Waals surface area contributed by atoms with Crippen LogP contribution >= 0.6 is 0 Å². The van der Waals surface area contributed by atoms with E-state index in [0.717, 1.165) is 28.3 Å². The number of aromatic amines is 1. The van der Waals surface area contributed by atoms with E-state index in [0.29, 0.717) is 40.3 Å². The highest BCUT2D eigenvalue weighted by atomic mass is 16.5. The minimum Gasteiger partial charge on any atom is -0.492 e. The Morgan fingerprint density at radius 3 is 2.21 bits per heavy atom. The minimum absolute atomic E-state index is 0.394. The fraction of sp³-hybridized carbons (Fsp3) is 0.375. The van der Waals surface area contributed by atoms with Crippen LogP contribution in [0, 0.1) is 6.92 Å². The van der Waals surface area contributed by atoms with E-state index in [-0.39, 0.29) is 0 Å². The van der Waals surface area contributed by atoms with E-state index in [4.69, 9.17) is 20.2 Å². The van der Waals surface area contributed by atoms with Crippen molar-refractivity contribution in [2.24, 2.45) is 20.7 Å². The molecule has 4 N–H and O–H groups in total. The highest BCUT2D eigenvalue weighted by Gasteiger charge is 2.17. The fourth-order valence-electron chi connectivity index (χ4n) is 3.33. The monoisotopic (exact) mass is 576 g/mol. The normalized spacial score (nSPS) is 12.7. The number of H-pyrrole nitrogens is 1. The summed E-state index contributed by atoms with van der Waals surface area (Å²) in [4.78, 5) is 15.2. The van der Waals surface area contributed by atoms with Crippen molar-refractivity contribution < 1.29 is 9.47 Å². The number of methoxy groups -OCH3 is 1. The lowest BCUT2D eigenvalue weighted by Crippen LogP contribution is -2.24. The van der Waals surface area contributed by atoms with Crippen LogP contribution in [-0.4, -0.2) is 56.4 Å². The molecule has 10 heteroatoms. The number of aliphatic imine (C=N–C) groups is 3. The summed E-state index contributed by atoms with van der Waals surface area (Å²) in [6.07, 6.45) is 4.28. The van der Waals surface area contributed by atoms with E-state index in [1.54, 1.807) is 27.4 Å². The number of anilines is 2. The molecule has 10 nitrogen and oxygen atoms in total. The fourth-order valence-corrected chi connectivity index (χ4v) is 3.33. The third-order valence-electron chi connectivity index (χ3n) is 5.86. The van der Waals surface area contributed by atoms with Crippen molar-refractivity contribution in [3.8, 4) is 0 Å². The molecule has 228 valence electrons. The predicted molar refractivity (Wildman–Crippen MR) is 178 cm³/mol. The third-order valence-corrected chi connectivity index (χ3v) is 5.86. The maximum Gasteiger partial charge on any atom is 0.221 e. The van der Waals surface area contributed by atoms with Crippen LogP contribution in [0.25, 0.3) is 0 Å². The minimum atomic E-state index is 0.394. The zero-order valence-electron chi connectivity index (χ0n) is 27.1. The number of rotatable bonds is 10. The van der Waals surface area contributed by atoms with Gasteiger partial charge in [0.05, 0.1) is 7.11 Å². The maximum absolute atomic E-state index is 5.94. The van der Waals surface area contributed by atoms with E-state index in [2.05, 4.69) is 45.9 Å². The van der Waals surface area contributed by atoms with Crippen LogP contribution in [0.1, 0.15) is 59.2 Å². The second-order valence-electron chi connectivity index (χ2n) is 9.59. The van der Waals surface area contributed by atoms with E-state index >= 15 is 0 Å². The Bertz CT molecular complexity index is 1360. The van der Waals surface area contributed by atoms with Gasteiger partial charge in [0.15, 0.2) is 17.4 Å². The van der Waals surface area contributed by atoms with Crippen LogP contribution in [0.4, 0.5) is 11.5 Å². The molecule has 1 aromatic carbocycles. The van der Waals surface area contributed by atoms with Gasteiger partial charge in [-0.05, 0) is 64.5 Å². The average molecular weight is 577 g/mol. The van der Waals surface area contributed by atoms with E-state index < -0.39 is 0 Å². The third kappa shape index (κ3) is 10.4. The summed E-state index contributed by atoms with van der Waals surface area (Å²) in [5.74, 6) is 3.44. The molecule has 0 aliphatic heterocycles. The van der Waals surface area contributed by atoms with Gasteiger partial charge < -0.3 is 25.4 Å². The van der Waals surface area contributed by atoms with Gasteiger partial charge in [0.1, 0.15) is 11.6 Å². The van der Waals surface area contributed by atoms with Crippen molar-refractivity contribution in [3.05, 3.63) is 88.4 Å². The van der Waals surface area contributed by atoms with Crippen molar-refractivity contribution in [2.75, 3.05) is 38.5 Å². The predicted octanol–water partition coefficient (Wildman–Crippen LogP) is 6.72. The molecule has 0 spiro atoms. The number of nitrogens with one attached hydrogen (secondary N) is 2. The molecule has 0 amide bonds. The van der Waals surface area contributed by atoms with E-state index in [1.165, 1.54) is 12.6 Å². The van der Waals surface area contributed by atoms with Crippen LogP contribution in [0.5, 0.6) is 0 Å². The lowest BCUT2D eigenvalue weighted by atomic mass is 10.1. The first-order valence-electron chi connectivity index (χ1n) is 13.8. The highest BCUT2D eigenvalue weighted by molar-refractivity contribution is 5.98. The standard InChI is InChI=1S/C29H40N8O2.C3H8/c1-18(2)21(5)39-29(32-8)23-11-13-25(14-12-23)37(9)22(6)33-28(34-26-15-19(3)35-36-26)27(38-10)20(4)24(16-30)17-31-7;1-3-2/h11-17H,4,30H2,1-3,5-10H3,(H2,34,35,36);3H2,1-2H3/b24-16+,28-27-,31-17?,32-29?,33-22+;. The molecule has 0 atom stereocenters. The molecule has 0 unspecified atom stereocenters. The van der Waals surface area contributed by atoms with Crippen LogP contribution in [-0.2, 0) is 9.47 Å². The number of allylic oxidation sites excluding steroid dienone is 3. The van der Waals surface area contributed by atoms with Crippen molar-refractivity contribution >= 4 is 29.5 Å². The van der Waals surface area contributed by atoms with Crippen molar-refractivity contribution in [1.82, 2.24) is 10.2 Å². The van der Waals surface area contributed by atoms with Gasteiger partial charge in [-0.1, -0.05) is 26.8 Å². The summed E-state index contributed by atoms with van der Waals surface area (Å²) < 4.78 is 11.7. The number of hydrogen-bond donors (Lipinski definition) is 3. The number of nitrogens with zero attached hydrogens (tertiary/aromatic N) is 5. The van der Waals surface area contributed by atoms with Gasteiger partial charge in [0.2, 0.25) is 5.90 Å².